The van der Waals surface area contributed by atoms with Gasteiger partial charge in [0.15, 0.2) is 5.69 Å². The van der Waals surface area contributed by atoms with Crippen LogP contribution >= 0.6 is 0 Å². The van der Waals surface area contributed by atoms with E-state index in [9.17, 15) is 14.0 Å². The van der Waals surface area contributed by atoms with E-state index in [0.717, 1.165) is 25.7 Å². The number of benzene rings is 1. The van der Waals surface area contributed by atoms with Gasteiger partial charge in [0.2, 0.25) is 5.91 Å². The van der Waals surface area contributed by atoms with Crippen molar-refractivity contribution in [1.29, 1.82) is 0 Å². The van der Waals surface area contributed by atoms with Crippen LogP contribution in [-0.4, -0.2) is 65.1 Å². The number of hydrogen-bond donors (Lipinski definition) is 1. The first kappa shape index (κ1) is 21.4. The van der Waals surface area contributed by atoms with Gasteiger partial charge >= 0.3 is 0 Å². The van der Waals surface area contributed by atoms with Crippen molar-refractivity contribution >= 4 is 11.8 Å². The van der Waals surface area contributed by atoms with Gasteiger partial charge in [-0.05, 0) is 48.8 Å². The van der Waals surface area contributed by atoms with Gasteiger partial charge in [-0.3, -0.25) is 9.59 Å². The van der Waals surface area contributed by atoms with E-state index in [-0.39, 0.29) is 35.5 Å². The molecule has 0 bridgehead atoms. The molecular formula is C22H28FN5O3. The summed E-state index contributed by atoms with van der Waals surface area (Å²) in [7, 11) is 1.58. The second-order valence-electron chi connectivity index (χ2n) is 8.44. The summed E-state index contributed by atoms with van der Waals surface area (Å²) in [6.07, 6.45) is 5.79. The molecule has 9 heteroatoms. The van der Waals surface area contributed by atoms with Crippen molar-refractivity contribution in [2.75, 3.05) is 33.4 Å². The predicted octanol–water partition coefficient (Wildman–Crippen LogP) is 1.98. The van der Waals surface area contributed by atoms with Gasteiger partial charge in [0.25, 0.3) is 5.91 Å². The fourth-order valence-electron chi connectivity index (χ4n) is 4.70. The Kier molecular flexibility index (Phi) is 6.31. The van der Waals surface area contributed by atoms with Crippen LogP contribution in [0.1, 0.15) is 47.8 Å². The summed E-state index contributed by atoms with van der Waals surface area (Å²) in [5, 5.41) is 11.0. The van der Waals surface area contributed by atoms with E-state index in [0.29, 0.717) is 37.5 Å². The summed E-state index contributed by atoms with van der Waals surface area (Å²) in [6.45, 7) is 2.24. The second kappa shape index (κ2) is 9.13. The van der Waals surface area contributed by atoms with Crippen molar-refractivity contribution in [2.45, 2.75) is 38.1 Å². The molecule has 1 aromatic carbocycles. The first-order valence-corrected chi connectivity index (χ1v) is 10.7. The lowest BCUT2D eigenvalue weighted by molar-refractivity contribution is -0.135. The second-order valence-corrected chi connectivity index (χ2v) is 8.44. The topological polar surface area (TPSA) is 89.4 Å². The maximum absolute atomic E-state index is 13.4. The van der Waals surface area contributed by atoms with E-state index < -0.39 is 0 Å². The van der Waals surface area contributed by atoms with Crippen molar-refractivity contribution in [3.8, 4) is 0 Å². The lowest BCUT2D eigenvalue weighted by Crippen LogP contribution is -2.51. The van der Waals surface area contributed by atoms with Crippen LogP contribution in [0.2, 0.25) is 0 Å². The normalized spacial score (nSPS) is 19.8. The summed E-state index contributed by atoms with van der Waals surface area (Å²) in [4.78, 5) is 26.7. The predicted molar refractivity (Wildman–Crippen MR) is 111 cm³/mol. The average Bonchev–Trinajstić information content (AvgIpc) is 3.22. The fraction of sp³-hybridized carbons (Fsp3) is 0.545. The third kappa shape index (κ3) is 4.61. The molecule has 2 fully saturated rings. The van der Waals surface area contributed by atoms with Crippen LogP contribution in [-0.2, 0) is 16.0 Å². The number of rotatable bonds is 7. The van der Waals surface area contributed by atoms with E-state index in [1.165, 1.54) is 12.1 Å². The third-order valence-corrected chi connectivity index (χ3v) is 6.63. The van der Waals surface area contributed by atoms with Gasteiger partial charge in [-0.2, -0.15) is 0 Å². The van der Waals surface area contributed by atoms with Crippen LogP contribution in [0.25, 0.3) is 0 Å². The van der Waals surface area contributed by atoms with Crippen molar-refractivity contribution in [2.24, 2.45) is 5.41 Å². The molecule has 1 spiro atoms. The van der Waals surface area contributed by atoms with Crippen LogP contribution in [0.4, 0.5) is 4.39 Å². The quantitative estimate of drug-likeness (QED) is 0.680. The van der Waals surface area contributed by atoms with Crippen LogP contribution in [0.5, 0.6) is 0 Å². The number of piperidine rings is 1. The molecule has 2 aromatic rings. The van der Waals surface area contributed by atoms with E-state index in [1.54, 1.807) is 25.4 Å². The summed E-state index contributed by atoms with van der Waals surface area (Å²) in [6, 6.07) is 6.41. The number of aromatic nitrogens is 3. The molecule has 4 rings (SSSR count). The molecule has 2 aliphatic rings. The summed E-state index contributed by atoms with van der Waals surface area (Å²) in [5.41, 5.74) is 1.10. The van der Waals surface area contributed by atoms with Crippen molar-refractivity contribution in [3.63, 3.8) is 0 Å². The molecule has 2 amide bonds. The number of methoxy groups -OCH3 is 1. The Morgan fingerprint density at radius 2 is 2.10 bits per heavy atom. The Bertz CT molecular complexity index is 939. The Hall–Kier alpha value is -2.81. The molecule has 1 atom stereocenters. The number of carbonyl (C=O) groups excluding carboxylic acids is 2. The largest absolute Gasteiger partial charge is 0.383 e. The minimum absolute atomic E-state index is 0.0343. The molecule has 1 aliphatic carbocycles. The molecule has 0 radical (unpaired) electrons. The highest BCUT2D eigenvalue weighted by Gasteiger charge is 2.50. The standard InChI is InChI=1S/C22H28FN5O3/c1-31-12-9-24-21(30)18-15-28(26-25-18)19-5-6-22(19)7-10-27(11-8-22)20(29)14-16-3-2-4-17(23)13-16/h2-4,13,15,19H,5-12,14H2,1H3,(H,24,30). The third-order valence-electron chi connectivity index (χ3n) is 6.63. The Morgan fingerprint density at radius 1 is 1.29 bits per heavy atom. The fourth-order valence-corrected chi connectivity index (χ4v) is 4.70. The number of hydrogen-bond acceptors (Lipinski definition) is 5. The first-order chi connectivity index (χ1) is 15.0. The van der Waals surface area contributed by atoms with Crippen molar-refractivity contribution in [3.05, 3.63) is 47.5 Å². The molecule has 1 saturated heterocycles. The van der Waals surface area contributed by atoms with Gasteiger partial charge in [-0.1, -0.05) is 17.3 Å². The molecular weight excluding hydrogens is 401 g/mol. The zero-order chi connectivity index (χ0) is 21.8. The highest BCUT2D eigenvalue weighted by atomic mass is 19.1. The minimum Gasteiger partial charge on any atom is -0.383 e. The zero-order valence-electron chi connectivity index (χ0n) is 17.7. The van der Waals surface area contributed by atoms with Gasteiger partial charge in [-0.25, -0.2) is 9.07 Å². The van der Waals surface area contributed by atoms with E-state index in [4.69, 9.17) is 4.74 Å². The Labute approximate surface area is 180 Å². The molecule has 1 unspecified atom stereocenters. The Morgan fingerprint density at radius 3 is 2.77 bits per heavy atom. The Balaban J connectivity index is 1.32. The number of nitrogens with one attached hydrogen (secondary N) is 1. The number of nitrogens with zero attached hydrogens (tertiary/aromatic N) is 4. The molecule has 1 saturated carbocycles. The van der Waals surface area contributed by atoms with Gasteiger partial charge < -0.3 is 15.0 Å². The number of amides is 2. The maximum atomic E-state index is 13.4. The molecule has 2 heterocycles. The lowest BCUT2D eigenvalue weighted by atomic mass is 9.59. The number of carbonyl (C=O) groups is 2. The minimum atomic E-state index is -0.320. The number of ether oxygens (including phenoxy) is 1. The SMILES string of the molecule is COCCNC(=O)c1cn(C2CCC23CCN(C(=O)Cc2cccc(F)c2)CC3)nn1. The zero-order valence-corrected chi connectivity index (χ0v) is 17.7. The summed E-state index contributed by atoms with van der Waals surface area (Å²) >= 11 is 0. The van der Waals surface area contributed by atoms with Crippen LogP contribution in [0.3, 0.4) is 0 Å². The highest BCUT2D eigenvalue weighted by Crippen LogP contribution is 2.56. The van der Waals surface area contributed by atoms with Crippen LogP contribution < -0.4 is 5.32 Å². The van der Waals surface area contributed by atoms with Gasteiger partial charge in [-0.15, -0.1) is 5.10 Å². The van der Waals surface area contributed by atoms with Crippen LogP contribution in [0, 0.1) is 11.2 Å². The van der Waals surface area contributed by atoms with Crippen molar-refractivity contribution < 1.29 is 18.7 Å². The van der Waals surface area contributed by atoms with Gasteiger partial charge in [0.05, 0.1) is 25.3 Å². The van der Waals surface area contributed by atoms with E-state index in [1.807, 2.05) is 9.58 Å². The lowest BCUT2D eigenvalue weighted by Gasteiger charge is -2.53. The van der Waals surface area contributed by atoms with Crippen molar-refractivity contribution in [1.82, 2.24) is 25.2 Å². The number of likely N-dealkylation sites (tertiary alicyclic amines) is 1. The average molecular weight is 429 g/mol. The van der Waals surface area contributed by atoms with Gasteiger partial charge in [0, 0.05) is 26.7 Å². The monoisotopic (exact) mass is 429 g/mol. The first-order valence-electron chi connectivity index (χ1n) is 10.7. The summed E-state index contributed by atoms with van der Waals surface area (Å²) < 4.78 is 20.1. The molecule has 1 aliphatic heterocycles. The molecule has 31 heavy (non-hydrogen) atoms. The maximum Gasteiger partial charge on any atom is 0.273 e. The molecule has 1 aromatic heterocycles. The summed E-state index contributed by atoms with van der Waals surface area (Å²) in [5.74, 6) is -0.540. The van der Waals surface area contributed by atoms with Gasteiger partial charge in [0.1, 0.15) is 5.82 Å². The smallest absolute Gasteiger partial charge is 0.273 e. The highest BCUT2D eigenvalue weighted by molar-refractivity contribution is 5.91. The van der Waals surface area contributed by atoms with Crippen LogP contribution in [0.15, 0.2) is 30.5 Å². The number of halogens is 1. The van der Waals surface area contributed by atoms with E-state index >= 15 is 0 Å². The molecule has 166 valence electrons. The molecule has 8 nitrogen and oxygen atoms in total. The molecule has 1 N–H and O–H groups in total. The van der Waals surface area contributed by atoms with E-state index in [2.05, 4.69) is 15.6 Å².